The summed E-state index contributed by atoms with van der Waals surface area (Å²) in [6.07, 6.45) is 4.36. The van der Waals surface area contributed by atoms with E-state index in [1.807, 2.05) is 0 Å². The number of nitrogens with zero attached hydrogens (tertiary/aromatic N) is 1. The molecule has 0 saturated heterocycles. The fourth-order valence-corrected chi connectivity index (χ4v) is 3.41. The summed E-state index contributed by atoms with van der Waals surface area (Å²) < 4.78 is 49.6. The highest BCUT2D eigenvalue weighted by Crippen LogP contribution is 2.23. The SMILES string of the molecule is C[C@H](CS(C)(=O)=O)N[C@@H](c1cccnc1)c1ccc(F)c(F)c1. The van der Waals surface area contributed by atoms with Crippen molar-refractivity contribution in [3.05, 3.63) is 65.5 Å². The summed E-state index contributed by atoms with van der Waals surface area (Å²) in [5.74, 6) is -1.94. The molecule has 2 rings (SSSR count). The minimum atomic E-state index is -3.16. The standard InChI is InChI=1S/C16H18F2N2O2S/c1-11(10-23(2,21)22)20-16(13-4-3-7-19-9-13)12-5-6-14(17)15(18)8-12/h3-9,11,16,20H,10H2,1-2H3/t11-,16-/m1/s1. The topological polar surface area (TPSA) is 59.1 Å². The van der Waals surface area contributed by atoms with Crippen LogP contribution in [-0.2, 0) is 9.84 Å². The van der Waals surface area contributed by atoms with E-state index in [0.717, 1.165) is 24.0 Å². The molecule has 0 saturated carbocycles. The summed E-state index contributed by atoms with van der Waals surface area (Å²) in [6.45, 7) is 1.73. The summed E-state index contributed by atoms with van der Waals surface area (Å²) in [5.41, 5.74) is 1.23. The van der Waals surface area contributed by atoms with Crippen LogP contribution < -0.4 is 5.32 Å². The molecule has 0 aliphatic heterocycles. The Morgan fingerprint density at radius 1 is 1.17 bits per heavy atom. The molecule has 1 aromatic heterocycles. The quantitative estimate of drug-likeness (QED) is 0.878. The third-order valence-corrected chi connectivity index (χ3v) is 4.40. The Morgan fingerprint density at radius 3 is 2.48 bits per heavy atom. The van der Waals surface area contributed by atoms with E-state index in [1.54, 1.807) is 31.5 Å². The zero-order valence-corrected chi connectivity index (χ0v) is 13.6. The summed E-state index contributed by atoms with van der Waals surface area (Å²) in [5, 5.41) is 3.14. The lowest BCUT2D eigenvalue weighted by atomic mass is 9.99. The van der Waals surface area contributed by atoms with Gasteiger partial charge in [0.15, 0.2) is 11.6 Å². The first kappa shape index (κ1) is 17.5. The lowest BCUT2D eigenvalue weighted by Gasteiger charge is -2.24. The van der Waals surface area contributed by atoms with E-state index in [2.05, 4.69) is 10.3 Å². The smallest absolute Gasteiger partial charge is 0.159 e. The van der Waals surface area contributed by atoms with Crippen molar-refractivity contribution in [2.45, 2.75) is 19.0 Å². The molecule has 1 aromatic carbocycles. The third kappa shape index (κ3) is 5.07. The summed E-state index contributed by atoms with van der Waals surface area (Å²) in [7, 11) is -3.16. The molecule has 0 spiro atoms. The number of nitrogens with one attached hydrogen (secondary N) is 1. The minimum absolute atomic E-state index is 0.0621. The molecule has 0 aliphatic rings. The predicted molar refractivity (Wildman–Crippen MR) is 84.7 cm³/mol. The Morgan fingerprint density at radius 2 is 1.91 bits per heavy atom. The van der Waals surface area contributed by atoms with Crippen LogP contribution in [0.15, 0.2) is 42.7 Å². The van der Waals surface area contributed by atoms with Crippen LogP contribution in [0.3, 0.4) is 0 Å². The van der Waals surface area contributed by atoms with Gasteiger partial charge in [-0.2, -0.15) is 0 Å². The van der Waals surface area contributed by atoms with Gasteiger partial charge in [-0.05, 0) is 36.2 Å². The first-order valence-corrected chi connectivity index (χ1v) is 9.11. The lowest BCUT2D eigenvalue weighted by molar-refractivity contribution is 0.494. The molecule has 4 nitrogen and oxygen atoms in total. The van der Waals surface area contributed by atoms with Crippen molar-refractivity contribution < 1.29 is 17.2 Å². The van der Waals surface area contributed by atoms with Gasteiger partial charge in [-0.1, -0.05) is 12.1 Å². The van der Waals surface area contributed by atoms with Gasteiger partial charge in [0.25, 0.3) is 0 Å². The van der Waals surface area contributed by atoms with Gasteiger partial charge in [0.1, 0.15) is 9.84 Å². The zero-order chi connectivity index (χ0) is 17.0. The normalized spacial score (nSPS) is 14.4. The average molecular weight is 340 g/mol. The van der Waals surface area contributed by atoms with Crippen LogP contribution in [0.5, 0.6) is 0 Å². The molecule has 23 heavy (non-hydrogen) atoms. The second kappa shape index (κ2) is 7.14. The number of hydrogen-bond acceptors (Lipinski definition) is 4. The maximum atomic E-state index is 13.5. The van der Waals surface area contributed by atoms with Gasteiger partial charge in [0.05, 0.1) is 11.8 Å². The molecule has 1 heterocycles. The van der Waals surface area contributed by atoms with Crippen LogP contribution in [0.2, 0.25) is 0 Å². The van der Waals surface area contributed by atoms with Crippen LogP contribution >= 0.6 is 0 Å². The number of sulfone groups is 1. The Bertz CT molecular complexity index is 767. The number of benzene rings is 1. The number of halogens is 2. The maximum absolute atomic E-state index is 13.5. The van der Waals surface area contributed by atoms with Gasteiger partial charge in [-0.3, -0.25) is 4.98 Å². The van der Waals surface area contributed by atoms with Crippen molar-refractivity contribution in [2.24, 2.45) is 0 Å². The number of hydrogen-bond donors (Lipinski definition) is 1. The Kier molecular flexibility index (Phi) is 5.43. The molecule has 0 bridgehead atoms. The zero-order valence-electron chi connectivity index (χ0n) is 12.8. The van der Waals surface area contributed by atoms with Crippen LogP contribution in [0, 0.1) is 11.6 Å². The molecule has 7 heteroatoms. The Balaban J connectivity index is 2.34. The lowest BCUT2D eigenvalue weighted by Crippen LogP contribution is -2.36. The second-order valence-corrected chi connectivity index (χ2v) is 7.74. The van der Waals surface area contributed by atoms with Crippen molar-refractivity contribution in [1.82, 2.24) is 10.3 Å². The summed E-state index contributed by atoms with van der Waals surface area (Å²) in [6, 6.07) is 6.28. The molecule has 2 aromatic rings. The molecule has 124 valence electrons. The van der Waals surface area contributed by atoms with Crippen molar-refractivity contribution in [3.8, 4) is 0 Å². The van der Waals surface area contributed by atoms with E-state index in [-0.39, 0.29) is 11.8 Å². The fourth-order valence-electron chi connectivity index (χ4n) is 2.41. The first-order valence-electron chi connectivity index (χ1n) is 7.05. The molecule has 0 unspecified atom stereocenters. The summed E-state index contributed by atoms with van der Waals surface area (Å²) in [4.78, 5) is 4.03. The molecule has 0 fully saturated rings. The van der Waals surface area contributed by atoms with Gasteiger partial charge < -0.3 is 5.32 Å². The van der Waals surface area contributed by atoms with E-state index in [4.69, 9.17) is 0 Å². The molecule has 1 N–H and O–H groups in total. The molecule has 0 radical (unpaired) electrons. The fraction of sp³-hybridized carbons (Fsp3) is 0.312. The van der Waals surface area contributed by atoms with Crippen molar-refractivity contribution >= 4 is 9.84 Å². The number of pyridine rings is 1. The highest BCUT2D eigenvalue weighted by molar-refractivity contribution is 7.90. The Labute approximate surface area is 134 Å². The highest BCUT2D eigenvalue weighted by Gasteiger charge is 2.20. The van der Waals surface area contributed by atoms with Gasteiger partial charge in [-0.15, -0.1) is 0 Å². The molecule has 0 aliphatic carbocycles. The first-order chi connectivity index (χ1) is 10.8. The van der Waals surface area contributed by atoms with E-state index < -0.39 is 27.5 Å². The van der Waals surface area contributed by atoms with Gasteiger partial charge in [-0.25, -0.2) is 17.2 Å². The van der Waals surface area contributed by atoms with Gasteiger partial charge in [0.2, 0.25) is 0 Å². The van der Waals surface area contributed by atoms with E-state index >= 15 is 0 Å². The van der Waals surface area contributed by atoms with Crippen molar-refractivity contribution in [2.75, 3.05) is 12.0 Å². The van der Waals surface area contributed by atoms with Crippen LogP contribution in [0.1, 0.15) is 24.1 Å². The van der Waals surface area contributed by atoms with E-state index in [0.29, 0.717) is 5.56 Å². The van der Waals surface area contributed by atoms with E-state index in [1.165, 1.54) is 6.07 Å². The Hall–Kier alpha value is -1.86. The average Bonchev–Trinajstić information content (AvgIpc) is 2.47. The van der Waals surface area contributed by atoms with Crippen LogP contribution in [-0.4, -0.2) is 31.5 Å². The van der Waals surface area contributed by atoms with Gasteiger partial charge >= 0.3 is 0 Å². The predicted octanol–water partition coefficient (Wildman–Crippen LogP) is 2.47. The number of rotatable bonds is 6. The van der Waals surface area contributed by atoms with E-state index in [9.17, 15) is 17.2 Å². The second-order valence-electron chi connectivity index (χ2n) is 5.55. The highest BCUT2D eigenvalue weighted by atomic mass is 32.2. The molecular formula is C16H18F2N2O2S. The van der Waals surface area contributed by atoms with Crippen molar-refractivity contribution in [3.63, 3.8) is 0 Å². The van der Waals surface area contributed by atoms with Crippen molar-refractivity contribution in [1.29, 1.82) is 0 Å². The molecular weight excluding hydrogens is 322 g/mol. The third-order valence-electron chi connectivity index (χ3n) is 3.30. The summed E-state index contributed by atoms with van der Waals surface area (Å²) >= 11 is 0. The monoisotopic (exact) mass is 340 g/mol. The molecule has 2 atom stereocenters. The van der Waals surface area contributed by atoms with Crippen LogP contribution in [0.4, 0.5) is 8.78 Å². The molecule has 0 amide bonds. The van der Waals surface area contributed by atoms with Gasteiger partial charge in [0, 0.05) is 24.7 Å². The van der Waals surface area contributed by atoms with Crippen LogP contribution in [0.25, 0.3) is 0 Å². The minimum Gasteiger partial charge on any atom is -0.303 e. The number of aromatic nitrogens is 1. The largest absolute Gasteiger partial charge is 0.303 e. The maximum Gasteiger partial charge on any atom is 0.159 e.